The standard InChI is InChI=1S/C24H46N2O3S2/c1-4-7-9-11-12-14-19(27)21(25)20-15-17-24(16-6-3,31-30-20)22(23(28)29)26-18-13-10-8-5-2/h20-22,26H,4-18,25H2,1-3H3,(H,28,29). The number of nitrogens with two attached hydrogens (primary N) is 1. The number of carbonyl (C=O) groups is 2. The summed E-state index contributed by atoms with van der Waals surface area (Å²) >= 11 is 0. The van der Waals surface area contributed by atoms with Crippen LogP contribution in [0.5, 0.6) is 0 Å². The van der Waals surface area contributed by atoms with Crippen molar-refractivity contribution in [2.24, 2.45) is 5.73 Å². The Morgan fingerprint density at radius 2 is 1.68 bits per heavy atom. The number of carboxylic acids is 1. The minimum Gasteiger partial charge on any atom is -0.480 e. The van der Waals surface area contributed by atoms with E-state index in [9.17, 15) is 14.7 Å². The number of aliphatic carboxylic acids is 1. The predicted molar refractivity (Wildman–Crippen MR) is 136 cm³/mol. The highest BCUT2D eigenvalue weighted by Gasteiger charge is 2.47. The lowest BCUT2D eigenvalue weighted by Gasteiger charge is -2.43. The summed E-state index contributed by atoms with van der Waals surface area (Å²) in [6, 6.07) is -0.994. The monoisotopic (exact) mass is 474 g/mol. The number of Topliss-reactive ketones (excluding diaryl/α,β-unsaturated/α-hetero) is 1. The lowest BCUT2D eigenvalue weighted by atomic mass is 9.86. The average Bonchev–Trinajstić information content (AvgIpc) is 2.75. The fourth-order valence-electron chi connectivity index (χ4n) is 4.37. The van der Waals surface area contributed by atoms with E-state index >= 15 is 0 Å². The van der Waals surface area contributed by atoms with Gasteiger partial charge in [0.2, 0.25) is 0 Å². The maximum absolute atomic E-state index is 12.6. The second kappa shape index (κ2) is 16.4. The van der Waals surface area contributed by atoms with Gasteiger partial charge in [0.25, 0.3) is 0 Å². The Balaban J connectivity index is 2.61. The predicted octanol–water partition coefficient (Wildman–Crippen LogP) is 5.95. The molecule has 1 rings (SSSR count). The number of hydrogen-bond acceptors (Lipinski definition) is 6. The fraction of sp³-hybridized carbons (Fsp3) is 0.917. The molecule has 0 aromatic rings. The van der Waals surface area contributed by atoms with Crippen molar-refractivity contribution in [3.8, 4) is 0 Å². The third-order valence-electron chi connectivity index (χ3n) is 6.31. The van der Waals surface area contributed by atoms with Gasteiger partial charge >= 0.3 is 5.97 Å². The summed E-state index contributed by atoms with van der Waals surface area (Å²) in [7, 11) is 3.32. The van der Waals surface area contributed by atoms with Gasteiger partial charge in [-0.15, -0.1) is 0 Å². The molecule has 0 bridgehead atoms. The molecule has 5 nitrogen and oxygen atoms in total. The first kappa shape index (κ1) is 28.8. The summed E-state index contributed by atoms with van der Waals surface area (Å²) in [6.07, 6.45) is 14.1. The number of unbranched alkanes of at least 4 members (excludes halogenated alkanes) is 7. The van der Waals surface area contributed by atoms with Gasteiger partial charge in [-0.2, -0.15) is 0 Å². The van der Waals surface area contributed by atoms with Crippen molar-refractivity contribution in [3.05, 3.63) is 0 Å². The molecule has 0 aromatic carbocycles. The number of rotatable bonds is 18. The second-order valence-electron chi connectivity index (χ2n) is 9.01. The van der Waals surface area contributed by atoms with Crippen molar-refractivity contribution >= 4 is 33.3 Å². The molecule has 7 heteroatoms. The largest absolute Gasteiger partial charge is 0.480 e. The van der Waals surface area contributed by atoms with E-state index in [1.165, 1.54) is 32.1 Å². The van der Waals surface area contributed by atoms with Crippen LogP contribution in [-0.4, -0.2) is 45.5 Å². The molecule has 1 fully saturated rings. The maximum atomic E-state index is 12.6. The summed E-state index contributed by atoms with van der Waals surface area (Å²) in [5, 5.41) is 13.4. The van der Waals surface area contributed by atoms with Crippen molar-refractivity contribution < 1.29 is 14.7 Å². The summed E-state index contributed by atoms with van der Waals surface area (Å²) in [5.41, 5.74) is 6.34. The van der Waals surface area contributed by atoms with Gasteiger partial charge in [0, 0.05) is 11.7 Å². The molecule has 0 radical (unpaired) electrons. The quantitative estimate of drug-likeness (QED) is 0.167. The zero-order chi connectivity index (χ0) is 23.1. The highest BCUT2D eigenvalue weighted by molar-refractivity contribution is 8.77. The van der Waals surface area contributed by atoms with Crippen LogP contribution in [-0.2, 0) is 9.59 Å². The van der Waals surface area contributed by atoms with E-state index in [1.807, 2.05) is 0 Å². The number of hydrogen-bond donors (Lipinski definition) is 3. The van der Waals surface area contributed by atoms with Gasteiger partial charge in [0.15, 0.2) is 5.78 Å². The molecule has 1 aliphatic rings. The smallest absolute Gasteiger partial charge is 0.322 e. The fourth-order valence-corrected chi connectivity index (χ4v) is 8.33. The van der Waals surface area contributed by atoms with Gasteiger partial charge < -0.3 is 16.2 Å². The topological polar surface area (TPSA) is 92.4 Å². The minimum absolute atomic E-state index is 0.0807. The van der Waals surface area contributed by atoms with Crippen LogP contribution in [0.25, 0.3) is 0 Å². The number of ketones is 1. The molecule has 1 saturated heterocycles. The molecule has 1 aliphatic heterocycles. The summed E-state index contributed by atoms with van der Waals surface area (Å²) < 4.78 is -0.338. The molecular weight excluding hydrogens is 428 g/mol. The van der Waals surface area contributed by atoms with Gasteiger partial charge in [-0.1, -0.05) is 93.7 Å². The molecular formula is C24H46N2O3S2. The van der Waals surface area contributed by atoms with Crippen LogP contribution >= 0.6 is 21.6 Å². The van der Waals surface area contributed by atoms with Gasteiger partial charge in [-0.3, -0.25) is 9.59 Å². The first-order chi connectivity index (χ1) is 14.9. The van der Waals surface area contributed by atoms with Crippen LogP contribution in [0.4, 0.5) is 0 Å². The van der Waals surface area contributed by atoms with Crippen LogP contribution in [0.1, 0.15) is 111 Å². The molecule has 4 atom stereocenters. The number of carbonyl (C=O) groups excluding carboxylic acids is 1. The van der Waals surface area contributed by atoms with Crippen LogP contribution < -0.4 is 11.1 Å². The number of nitrogens with one attached hydrogen (secondary N) is 1. The number of carboxylic acid groups (broad SMARTS) is 1. The first-order valence-electron chi connectivity index (χ1n) is 12.5. The van der Waals surface area contributed by atoms with Gasteiger partial charge in [0.1, 0.15) is 6.04 Å². The van der Waals surface area contributed by atoms with E-state index < -0.39 is 18.1 Å². The summed E-state index contributed by atoms with van der Waals surface area (Å²) in [4.78, 5) is 24.7. The molecule has 31 heavy (non-hydrogen) atoms. The Hall–Kier alpha value is -0.240. The maximum Gasteiger partial charge on any atom is 0.322 e. The van der Waals surface area contributed by atoms with E-state index in [1.54, 1.807) is 21.6 Å². The minimum atomic E-state index is -0.761. The van der Waals surface area contributed by atoms with Crippen LogP contribution in [0.15, 0.2) is 0 Å². The third-order valence-corrected chi connectivity index (χ3v) is 10.2. The highest BCUT2D eigenvalue weighted by atomic mass is 33.1. The van der Waals surface area contributed by atoms with Gasteiger partial charge in [-0.25, -0.2) is 0 Å². The van der Waals surface area contributed by atoms with Crippen molar-refractivity contribution in [1.82, 2.24) is 5.32 Å². The van der Waals surface area contributed by atoms with Gasteiger partial charge in [0.05, 0.1) is 10.8 Å². The Bertz CT molecular complexity index is 511. The summed E-state index contributed by atoms with van der Waals surface area (Å²) in [5.74, 6) is -0.593. The third kappa shape index (κ3) is 10.1. The molecule has 0 amide bonds. The van der Waals surface area contributed by atoms with E-state index in [-0.39, 0.29) is 15.8 Å². The Morgan fingerprint density at radius 1 is 1.03 bits per heavy atom. The van der Waals surface area contributed by atoms with Crippen molar-refractivity contribution in [1.29, 1.82) is 0 Å². The lowest BCUT2D eigenvalue weighted by Crippen LogP contribution is -2.55. The molecule has 0 saturated carbocycles. The summed E-state index contributed by atoms with van der Waals surface area (Å²) in [6.45, 7) is 7.23. The van der Waals surface area contributed by atoms with Crippen molar-refractivity contribution in [2.45, 2.75) is 133 Å². The zero-order valence-corrected chi connectivity index (χ0v) is 21.6. The Morgan fingerprint density at radius 3 is 2.23 bits per heavy atom. The Kier molecular flexibility index (Phi) is 15.2. The van der Waals surface area contributed by atoms with Crippen LogP contribution in [0.2, 0.25) is 0 Å². The zero-order valence-electron chi connectivity index (χ0n) is 20.0. The molecule has 4 unspecified atom stereocenters. The van der Waals surface area contributed by atoms with Crippen molar-refractivity contribution in [2.75, 3.05) is 6.54 Å². The van der Waals surface area contributed by atoms with Crippen LogP contribution in [0, 0.1) is 0 Å². The lowest BCUT2D eigenvalue weighted by molar-refractivity contribution is -0.140. The van der Waals surface area contributed by atoms with Crippen LogP contribution in [0.3, 0.4) is 0 Å². The highest BCUT2D eigenvalue weighted by Crippen LogP contribution is 2.53. The van der Waals surface area contributed by atoms with E-state index in [0.29, 0.717) is 6.42 Å². The molecule has 0 aromatic heterocycles. The molecule has 1 heterocycles. The first-order valence-corrected chi connectivity index (χ1v) is 14.7. The molecule has 182 valence electrons. The van der Waals surface area contributed by atoms with Crippen molar-refractivity contribution in [3.63, 3.8) is 0 Å². The molecule has 4 N–H and O–H groups in total. The van der Waals surface area contributed by atoms with E-state index in [2.05, 4.69) is 26.1 Å². The van der Waals surface area contributed by atoms with Gasteiger partial charge in [-0.05, 0) is 38.6 Å². The average molecular weight is 475 g/mol. The van der Waals surface area contributed by atoms with E-state index in [0.717, 1.165) is 57.9 Å². The molecule has 0 aliphatic carbocycles. The Labute approximate surface area is 198 Å². The SMILES string of the molecule is CCCCCCCC(=O)C(N)C1CCC(CCC)(C(NCCCCCC)C(=O)O)SS1. The normalized spacial score (nSPS) is 23.4. The molecule has 0 spiro atoms. The second-order valence-corrected chi connectivity index (χ2v) is 11.9. The van der Waals surface area contributed by atoms with E-state index in [4.69, 9.17) is 5.73 Å².